The van der Waals surface area contributed by atoms with E-state index >= 15 is 0 Å². The van der Waals surface area contributed by atoms with Gasteiger partial charge in [-0.1, -0.05) is 23.8 Å². The van der Waals surface area contributed by atoms with E-state index in [4.69, 9.17) is 21.1 Å². The van der Waals surface area contributed by atoms with Crippen LogP contribution in [0.3, 0.4) is 0 Å². The highest BCUT2D eigenvalue weighted by Gasteiger charge is 2.26. The Kier molecular flexibility index (Phi) is 10.6. The summed E-state index contributed by atoms with van der Waals surface area (Å²) in [6, 6.07) is 9.23. The van der Waals surface area contributed by atoms with Crippen LogP contribution >= 0.6 is 11.6 Å². The second-order valence-corrected chi connectivity index (χ2v) is 10.6. The highest BCUT2D eigenvalue weighted by Crippen LogP contribution is 2.33. The first-order chi connectivity index (χ1) is 19.8. The minimum Gasteiger partial charge on any atom is -0.490 e. The highest BCUT2D eigenvalue weighted by atomic mass is 35.5. The number of carbonyl (C=O) groups is 1. The molecule has 0 aromatic heterocycles. The molecule has 9 nitrogen and oxygen atoms in total. The standard InChI is InChI=1S/C30H36ClFN4O5/c1-3-22(4-2)21-40-29-20-25(6-8-28(29)36(38)39)41-24-9-13-35(14-10-24)30(37)11-12-33-15-17-34(18-16-33)27-7-5-23(31)19-26(27)32/h3-8,19-20,22,24H,1-2,9-18,21H2. The van der Waals surface area contributed by atoms with Gasteiger partial charge in [-0.05, 0) is 24.3 Å². The van der Waals surface area contributed by atoms with Gasteiger partial charge in [0, 0.05) is 88.1 Å². The van der Waals surface area contributed by atoms with Crippen molar-refractivity contribution in [3.8, 4) is 11.5 Å². The van der Waals surface area contributed by atoms with Gasteiger partial charge in [-0.25, -0.2) is 4.39 Å². The fourth-order valence-electron chi connectivity index (χ4n) is 5.03. The normalized spacial score (nSPS) is 16.5. The zero-order chi connectivity index (χ0) is 29.4. The van der Waals surface area contributed by atoms with Crippen LogP contribution in [0.1, 0.15) is 19.3 Å². The van der Waals surface area contributed by atoms with Gasteiger partial charge in [0.25, 0.3) is 0 Å². The zero-order valence-corrected chi connectivity index (χ0v) is 23.8. The maximum absolute atomic E-state index is 14.3. The van der Waals surface area contributed by atoms with Crippen molar-refractivity contribution < 1.29 is 23.6 Å². The lowest BCUT2D eigenvalue weighted by molar-refractivity contribution is -0.385. The Morgan fingerprint density at radius 1 is 1.10 bits per heavy atom. The molecule has 0 saturated carbocycles. The van der Waals surface area contributed by atoms with Crippen LogP contribution < -0.4 is 14.4 Å². The Balaban J connectivity index is 1.21. The first kappa shape index (κ1) is 30.3. The fraction of sp³-hybridized carbons (Fsp3) is 0.433. The Bertz CT molecular complexity index is 1240. The summed E-state index contributed by atoms with van der Waals surface area (Å²) < 4.78 is 26.0. The number of piperazine rings is 1. The molecule has 41 heavy (non-hydrogen) atoms. The summed E-state index contributed by atoms with van der Waals surface area (Å²) in [6.07, 6.45) is 4.99. The number of hydrogen-bond donors (Lipinski definition) is 0. The Morgan fingerprint density at radius 3 is 2.44 bits per heavy atom. The van der Waals surface area contributed by atoms with Crippen molar-refractivity contribution in [1.82, 2.24) is 9.80 Å². The van der Waals surface area contributed by atoms with Crippen LogP contribution in [-0.4, -0.2) is 79.2 Å². The molecule has 2 saturated heterocycles. The van der Waals surface area contributed by atoms with Crippen molar-refractivity contribution in [2.45, 2.75) is 25.4 Å². The van der Waals surface area contributed by atoms with Crippen molar-refractivity contribution in [3.63, 3.8) is 0 Å². The Hall–Kier alpha value is -3.63. The quantitative estimate of drug-likeness (QED) is 0.188. The predicted octanol–water partition coefficient (Wildman–Crippen LogP) is 5.34. The Labute approximate surface area is 244 Å². The van der Waals surface area contributed by atoms with Crippen molar-refractivity contribution in [2.75, 3.05) is 57.3 Å². The summed E-state index contributed by atoms with van der Waals surface area (Å²) in [5.41, 5.74) is 0.421. The molecule has 2 heterocycles. The van der Waals surface area contributed by atoms with E-state index in [1.807, 2.05) is 9.80 Å². The topological polar surface area (TPSA) is 88.4 Å². The minimum atomic E-state index is -0.487. The SMILES string of the molecule is C=CC(C=C)COc1cc(OC2CCN(C(=O)CCN3CCN(c4ccc(Cl)cc4F)CC3)CC2)ccc1[N+](=O)[O-]. The lowest BCUT2D eigenvalue weighted by Crippen LogP contribution is -2.48. The van der Waals surface area contributed by atoms with Gasteiger partial charge >= 0.3 is 5.69 Å². The molecule has 2 aromatic carbocycles. The molecule has 0 aliphatic carbocycles. The number of nitro benzene ring substituents is 1. The van der Waals surface area contributed by atoms with Gasteiger partial charge in [0.1, 0.15) is 17.7 Å². The number of halogens is 2. The van der Waals surface area contributed by atoms with E-state index in [1.165, 1.54) is 12.1 Å². The van der Waals surface area contributed by atoms with Crippen LogP contribution in [-0.2, 0) is 4.79 Å². The van der Waals surface area contributed by atoms with E-state index in [2.05, 4.69) is 18.1 Å². The van der Waals surface area contributed by atoms with Crippen molar-refractivity contribution in [3.05, 3.63) is 82.7 Å². The van der Waals surface area contributed by atoms with Gasteiger partial charge in [0.2, 0.25) is 11.7 Å². The molecule has 0 radical (unpaired) electrons. The van der Waals surface area contributed by atoms with E-state index in [0.717, 1.165) is 13.1 Å². The molecule has 2 aromatic rings. The molecule has 0 unspecified atom stereocenters. The zero-order valence-electron chi connectivity index (χ0n) is 23.1. The second kappa shape index (κ2) is 14.3. The lowest BCUT2D eigenvalue weighted by atomic mass is 10.1. The van der Waals surface area contributed by atoms with Gasteiger partial charge in [0.05, 0.1) is 17.2 Å². The number of likely N-dealkylation sites (tertiary alicyclic amines) is 1. The summed E-state index contributed by atoms with van der Waals surface area (Å²) in [5, 5.41) is 11.8. The molecule has 220 valence electrons. The van der Waals surface area contributed by atoms with Gasteiger partial charge < -0.3 is 19.3 Å². The molecule has 1 amide bonds. The Morgan fingerprint density at radius 2 is 1.80 bits per heavy atom. The van der Waals surface area contributed by atoms with Crippen LogP contribution in [0.25, 0.3) is 0 Å². The van der Waals surface area contributed by atoms with Gasteiger partial charge in [-0.2, -0.15) is 0 Å². The first-order valence-corrected chi connectivity index (χ1v) is 14.2. The molecule has 0 spiro atoms. The lowest BCUT2D eigenvalue weighted by Gasteiger charge is -2.37. The highest BCUT2D eigenvalue weighted by molar-refractivity contribution is 6.30. The number of rotatable bonds is 12. The first-order valence-electron chi connectivity index (χ1n) is 13.8. The van der Waals surface area contributed by atoms with Crippen molar-refractivity contribution in [2.24, 2.45) is 5.92 Å². The number of amides is 1. The summed E-state index contributed by atoms with van der Waals surface area (Å²) >= 11 is 5.87. The number of piperidine rings is 1. The molecule has 0 N–H and O–H groups in total. The number of carbonyl (C=O) groups excluding carboxylic acids is 1. The van der Waals surface area contributed by atoms with E-state index in [-0.39, 0.29) is 41.8 Å². The molecule has 2 aliphatic rings. The molecular formula is C30H36ClFN4O5. The van der Waals surface area contributed by atoms with Crippen molar-refractivity contribution in [1.29, 1.82) is 0 Å². The van der Waals surface area contributed by atoms with Crippen LogP contribution in [0.4, 0.5) is 15.8 Å². The molecule has 0 bridgehead atoms. The maximum Gasteiger partial charge on any atom is 0.311 e. The van der Waals surface area contributed by atoms with Crippen LogP contribution in [0.5, 0.6) is 11.5 Å². The molecule has 11 heteroatoms. The summed E-state index contributed by atoms with van der Waals surface area (Å²) in [4.78, 5) is 29.9. The van der Waals surface area contributed by atoms with E-state index in [1.54, 1.807) is 36.4 Å². The molecule has 2 fully saturated rings. The smallest absolute Gasteiger partial charge is 0.311 e. The van der Waals surface area contributed by atoms with Crippen molar-refractivity contribution >= 4 is 28.9 Å². The number of nitro groups is 1. The average molecular weight is 587 g/mol. The molecule has 0 atom stereocenters. The predicted molar refractivity (Wildman–Crippen MR) is 157 cm³/mol. The third-order valence-corrected chi connectivity index (χ3v) is 7.76. The largest absolute Gasteiger partial charge is 0.490 e. The molecule has 2 aliphatic heterocycles. The number of anilines is 1. The van der Waals surface area contributed by atoms with Crippen LogP contribution in [0.15, 0.2) is 61.7 Å². The number of ether oxygens (including phenoxy) is 2. The van der Waals surface area contributed by atoms with E-state index in [9.17, 15) is 19.3 Å². The van der Waals surface area contributed by atoms with Crippen LogP contribution in [0.2, 0.25) is 5.02 Å². The maximum atomic E-state index is 14.3. The number of hydrogen-bond acceptors (Lipinski definition) is 7. The molecular weight excluding hydrogens is 551 g/mol. The van der Waals surface area contributed by atoms with E-state index < -0.39 is 4.92 Å². The number of benzene rings is 2. The molecule has 4 rings (SSSR count). The monoisotopic (exact) mass is 586 g/mol. The minimum absolute atomic E-state index is 0.108. The number of nitrogens with zero attached hydrogens (tertiary/aromatic N) is 4. The van der Waals surface area contributed by atoms with E-state index in [0.29, 0.717) is 68.4 Å². The average Bonchev–Trinajstić information content (AvgIpc) is 2.97. The third-order valence-electron chi connectivity index (χ3n) is 7.53. The van der Waals surface area contributed by atoms with Crippen LogP contribution in [0, 0.1) is 21.8 Å². The fourth-order valence-corrected chi connectivity index (χ4v) is 5.19. The summed E-state index contributed by atoms with van der Waals surface area (Å²) in [6.45, 7) is 12.3. The van der Waals surface area contributed by atoms with Gasteiger partial charge in [0.15, 0.2) is 0 Å². The summed E-state index contributed by atoms with van der Waals surface area (Å²) in [7, 11) is 0. The second-order valence-electron chi connectivity index (χ2n) is 10.2. The summed E-state index contributed by atoms with van der Waals surface area (Å²) in [5.74, 6) is 0.278. The van der Waals surface area contributed by atoms with Gasteiger partial charge in [-0.15, -0.1) is 13.2 Å². The van der Waals surface area contributed by atoms with Gasteiger partial charge in [-0.3, -0.25) is 19.8 Å². The third kappa shape index (κ3) is 8.20.